The molecule has 0 aliphatic carbocycles. The Kier molecular flexibility index (Phi) is 5.70. The van der Waals surface area contributed by atoms with Crippen molar-refractivity contribution in [2.45, 2.75) is 25.7 Å². The van der Waals surface area contributed by atoms with Crippen LogP contribution >= 0.6 is 0 Å². The van der Waals surface area contributed by atoms with E-state index >= 15 is 0 Å². The molecule has 0 aromatic heterocycles. The molecule has 0 heterocycles. The number of nitrogens with one attached hydrogen (secondary N) is 2. The molecule has 150 valence electrons. The lowest BCUT2D eigenvalue weighted by molar-refractivity contribution is 0.102. The summed E-state index contributed by atoms with van der Waals surface area (Å²) in [5.41, 5.74) is 3.56. The Hall–Kier alpha value is -3.19. The van der Waals surface area contributed by atoms with Crippen LogP contribution < -0.4 is 10.0 Å². The highest BCUT2D eigenvalue weighted by molar-refractivity contribution is 7.92. The fourth-order valence-electron chi connectivity index (χ4n) is 2.76. The number of halogens is 1. The molecule has 0 saturated carbocycles. The molecule has 1 amide bonds. The van der Waals surface area contributed by atoms with Crippen LogP contribution in [0.4, 0.5) is 15.8 Å². The van der Waals surface area contributed by atoms with Gasteiger partial charge in [0.15, 0.2) is 0 Å². The van der Waals surface area contributed by atoms with Crippen molar-refractivity contribution in [1.82, 2.24) is 0 Å². The zero-order valence-corrected chi connectivity index (χ0v) is 17.1. The van der Waals surface area contributed by atoms with E-state index in [1.54, 1.807) is 25.1 Å². The second-order valence-corrected chi connectivity index (χ2v) is 8.48. The van der Waals surface area contributed by atoms with Crippen molar-refractivity contribution in [3.8, 4) is 0 Å². The molecule has 2 N–H and O–H groups in total. The summed E-state index contributed by atoms with van der Waals surface area (Å²) in [7, 11) is -3.99. The number of amides is 1. The number of sulfonamides is 1. The molecule has 0 bridgehead atoms. The third kappa shape index (κ3) is 4.63. The van der Waals surface area contributed by atoms with Crippen LogP contribution in [0.2, 0.25) is 0 Å². The predicted octanol–water partition coefficient (Wildman–Crippen LogP) is 4.80. The zero-order valence-electron chi connectivity index (χ0n) is 16.3. The molecular weight excluding hydrogens is 391 g/mol. The quantitative estimate of drug-likeness (QED) is 0.632. The van der Waals surface area contributed by atoms with E-state index in [9.17, 15) is 17.6 Å². The van der Waals surface area contributed by atoms with Gasteiger partial charge in [-0.05, 0) is 73.9 Å². The van der Waals surface area contributed by atoms with E-state index in [0.717, 1.165) is 17.2 Å². The van der Waals surface area contributed by atoms with Gasteiger partial charge in [0.2, 0.25) is 0 Å². The number of rotatable bonds is 5. The lowest BCUT2D eigenvalue weighted by Crippen LogP contribution is -2.16. The molecule has 0 radical (unpaired) electrons. The van der Waals surface area contributed by atoms with Crippen LogP contribution in [0.25, 0.3) is 0 Å². The van der Waals surface area contributed by atoms with Crippen LogP contribution in [0.1, 0.15) is 27.0 Å². The van der Waals surface area contributed by atoms with Crippen molar-refractivity contribution in [3.05, 3.63) is 88.7 Å². The first-order valence-corrected chi connectivity index (χ1v) is 10.4. The van der Waals surface area contributed by atoms with Gasteiger partial charge in [0, 0.05) is 16.9 Å². The van der Waals surface area contributed by atoms with E-state index in [1.807, 2.05) is 26.0 Å². The van der Waals surface area contributed by atoms with Gasteiger partial charge in [0.25, 0.3) is 15.9 Å². The maximum Gasteiger partial charge on any atom is 0.261 e. The largest absolute Gasteiger partial charge is 0.322 e. The Morgan fingerprint density at radius 3 is 2.34 bits per heavy atom. The number of hydrogen-bond acceptors (Lipinski definition) is 3. The summed E-state index contributed by atoms with van der Waals surface area (Å²) in [6, 6.07) is 15.4. The molecule has 0 unspecified atom stereocenters. The van der Waals surface area contributed by atoms with Crippen LogP contribution in [-0.2, 0) is 10.0 Å². The molecule has 0 aliphatic rings. The Morgan fingerprint density at radius 1 is 0.897 bits per heavy atom. The summed E-state index contributed by atoms with van der Waals surface area (Å²) in [5, 5.41) is 2.84. The summed E-state index contributed by atoms with van der Waals surface area (Å²) in [5.74, 6) is -0.962. The Labute approximate surface area is 169 Å². The molecule has 0 fully saturated rings. The Balaban J connectivity index is 1.82. The molecule has 3 aromatic rings. The third-order valence-corrected chi connectivity index (χ3v) is 6.06. The number of benzene rings is 3. The number of aryl methyl sites for hydroxylation is 2. The molecule has 0 atom stereocenters. The van der Waals surface area contributed by atoms with Crippen molar-refractivity contribution in [2.75, 3.05) is 10.0 Å². The predicted molar refractivity (Wildman–Crippen MR) is 112 cm³/mol. The molecule has 3 aromatic carbocycles. The van der Waals surface area contributed by atoms with E-state index in [0.29, 0.717) is 16.8 Å². The standard InChI is InChI=1S/C22H21FN2O3S/c1-14-6-4-9-21(16(14)3)24-22(26)17-7-5-8-18(12-17)25-29(27,28)19-11-10-15(2)20(23)13-19/h4-13,25H,1-3H3,(H,24,26). The highest BCUT2D eigenvalue weighted by Crippen LogP contribution is 2.22. The van der Waals surface area contributed by atoms with Crippen molar-refractivity contribution < 1.29 is 17.6 Å². The molecule has 29 heavy (non-hydrogen) atoms. The maximum absolute atomic E-state index is 13.7. The minimum absolute atomic E-state index is 0.189. The van der Waals surface area contributed by atoms with Crippen LogP contribution in [-0.4, -0.2) is 14.3 Å². The second-order valence-electron chi connectivity index (χ2n) is 6.80. The average Bonchev–Trinajstić information content (AvgIpc) is 2.67. The summed E-state index contributed by atoms with van der Waals surface area (Å²) in [6.45, 7) is 5.42. The van der Waals surface area contributed by atoms with Gasteiger partial charge < -0.3 is 5.32 Å². The summed E-state index contributed by atoms with van der Waals surface area (Å²) < 4.78 is 41.2. The van der Waals surface area contributed by atoms with Gasteiger partial charge in [0.1, 0.15) is 5.82 Å². The minimum Gasteiger partial charge on any atom is -0.322 e. The SMILES string of the molecule is Cc1ccc(S(=O)(=O)Nc2cccc(C(=O)Nc3cccc(C)c3C)c2)cc1F. The normalized spacial score (nSPS) is 11.2. The molecule has 7 heteroatoms. The average molecular weight is 412 g/mol. The van der Waals surface area contributed by atoms with Crippen molar-refractivity contribution >= 4 is 27.3 Å². The number of carbonyl (C=O) groups excluding carboxylic acids is 1. The number of anilines is 2. The number of hydrogen-bond donors (Lipinski definition) is 2. The van der Waals surface area contributed by atoms with E-state index in [2.05, 4.69) is 10.0 Å². The molecule has 5 nitrogen and oxygen atoms in total. The van der Waals surface area contributed by atoms with Gasteiger partial charge in [-0.1, -0.05) is 24.3 Å². The first-order valence-electron chi connectivity index (χ1n) is 8.94. The Bertz CT molecular complexity index is 1190. The lowest BCUT2D eigenvalue weighted by atomic mass is 10.1. The highest BCUT2D eigenvalue weighted by atomic mass is 32.2. The lowest BCUT2D eigenvalue weighted by Gasteiger charge is -2.12. The molecule has 0 aliphatic heterocycles. The van der Waals surface area contributed by atoms with Crippen LogP contribution in [0, 0.1) is 26.6 Å². The number of carbonyl (C=O) groups is 1. The van der Waals surface area contributed by atoms with Gasteiger partial charge in [0.05, 0.1) is 4.90 Å². The molecule has 3 rings (SSSR count). The maximum atomic E-state index is 13.7. The van der Waals surface area contributed by atoms with Gasteiger partial charge in [-0.25, -0.2) is 12.8 Å². The zero-order chi connectivity index (χ0) is 21.2. The van der Waals surface area contributed by atoms with Gasteiger partial charge >= 0.3 is 0 Å². The molecular formula is C22H21FN2O3S. The van der Waals surface area contributed by atoms with Crippen LogP contribution in [0.15, 0.2) is 65.6 Å². The van der Waals surface area contributed by atoms with Gasteiger partial charge in [-0.2, -0.15) is 0 Å². The minimum atomic E-state index is -3.99. The summed E-state index contributed by atoms with van der Waals surface area (Å²) in [4.78, 5) is 12.4. The van der Waals surface area contributed by atoms with E-state index < -0.39 is 15.8 Å². The van der Waals surface area contributed by atoms with Crippen LogP contribution in [0.5, 0.6) is 0 Å². The smallest absolute Gasteiger partial charge is 0.261 e. The Morgan fingerprint density at radius 2 is 1.62 bits per heavy atom. The fourth-order valence-corrected chi connectivity index (χ4v) is 3.82. The van der Waals surface area contributed by atoms with Crippen molar-refractivity contribution in [3.63, 3.8) is 0 Å². The van der Waals surface area contributed by atoms with Crippen molar-refractivity contribution in [1.29, 1.82) is 0 Å². The second kappa shape index (κ2) is 8.05. The van der Waals surface area contributed by atoms with Gasteiger partial charge in [-0.15, -0.1) is 0 Å². The fraction of sp³-hybridized carbons (Fsp3) is 0.136. The molecule has 0 spiro atoms. The van der Waals surface area contributed by atoms with E-state index in [4.69, 9.17) is 0 Å². The summed E-state index contributed by atoms with van der Waals surface area (Å²) in [6.07, 6.45) is 0. The topological polar surface area (TPSA) is 75.3 Å². The third-order valence-electron chi connectivity index (χ3n) is 4.68. The van der Waals surface area contributed by atoms with Gasteiger partial charge in [-0.3, -0.25) is 9.52 Å². The van der Waals surface area contributed by atoms with Crippen LogP contribution in [0.3, 0.4) is 0 Å². The monoisotopic (exact) mass is 412 g/mol. The first kappa shape index (κ1) is 20.5. The molecule has 0 saturated heterocycles. The first-order chi connectivity index (χ1) is 13.7. The van der Waals surface area contributed by atoms with E-state index in [1.165, 1.54) is 24.3 Å². The van der Waals surface area contributed by atoms with E-state index in [-0.39, 0.29) is 16.5 Å². The summed E-state index contributed by atoms with van der Waals surface area (Å²) >= 11 is 0. The van der Waals surface area contributed by atoms with Crippen molar-refractivity contribution in [2.24, 2.45) is 0 Å². The highest BCUT2D eigenvalue weighted by Gasteiger charge is 2.17.